The van der Waals surface area contributed by atoms with Crippen LogP contribution in [-0.2, 0) is 11.0 Å². The molecule has 6 heteroatoms. The predicted molar refractivity (Wildman–Crippen MR) is 76.3 cm³/mol. The number of carbonyl (C=O) groups excluding carboxylic acids is 1. The molecule has 21 heavy (non-hydrogen) atoms. The number of benzene rings is 1. The lowest BCUT2D eigenvalue weighted by atomic mass is 9.93. The molecule has 0 aliphatic heterocycles. The summed E-state index contributed by atoms with van der Waals surface area (Å²) in [5.41, 5.74) is 0.232. The van der Waals surface area contributed by atoms with Crippen LogP contribution in [-0.4, -0.2) is 18.4 Å². The van der Waals surface area contributed by atoms with Gasteiger partial charge >= 0.3 is 6.18 Å². The van der Waals surface area contributed by atoms with E-state index in [2.05, 4.69) is 10.6 Å². The van der Waals surface area contributed by atoms with Crippen LogP contribution in [0.1, 0.15) is 19.4 Å². The second-order valence-electron chi connectivity index (χ2n) is 5.31. The molecular weight excluding hydrogens is 281 g/mol. The average molecular weight is 298 g/mol. The number of allylic oxidation sites excluding steroid dienone is 1. The van der Waals surface area contributed by atoms with Crippen LogP contribution in [0.3, 0.4) is 0 Å². The van der Waals surface area contributed by atoms with Crippen LogP contribution in [0.5, 0.6) is 0 Å². The first-order chi connectivity index (χ1) is 9.77. The molecule has 0 bridgehead atoms. The van der Waals surface area contributed by atoms with Crippen molar-refractivity contribution in [2.75, 3.05) is 17.2 Å². The van der Waals surface area contributed by atoms with Crippen molar-refractivity contribution in [2.45, 2.75) is 26.1 Å². The van der Waals surface area contributed by atoms with Crippen molar-refractivity contribution in [3.8, 4) is 0 Å². The molecule has 1 atom stereocenters. The Morgan fingerprint density at radius 1 is 1.24 bits per heavy atom. The second-order valence-corrected chi connectivity index (χ2v) is 5.31. The summed E-state index contributed by atoms with van der Waals surface area (Å²) >= 11 is 0. The maximum absolute atomic E-state index is 12.8. The van der Waals surface area contributed by atoms with Crippen molar-refractivity contribution in [3.63, 3.8) is 0 Å². The van der Waals surface area contributed by atoms with Crippen LogP contribution in [0, 0.1) is 5.92 Å². The number of nitrogens with one attached hydrogen (secondary N) is 2. The predicted octanol–water partition coefficient (Wildman–Crippen LogP) is 3.69. The van der Waals surface area contributed by atoms with E-state index in [4.69, 9.17) is 0 Å². The molecule has 3 nitrogen and oxygen atoms in total. The average Bonchev–Trinajstić information content (AvgIpc) is 2.37. The minimum atomic E-state index is -4.39. The third-order valence-electron chi connectivity index (χ3n) is 3.16. The Bertz CT molecular complexity index is 565. The van der Waals surface area contributed by atoms with E-state index in [1.807, 2.05) is 13.8 Å². The lowest BCUT2D eigenvalue weighted by Gasteiger charge is -2.21. The molecule has 2 rings (SSSR count). The van der Waals surface area contributed by atoms with Gasteiger partial charge in [-0.1, -0.05) is 6.08 Å². The molecule has 1 unspecified atom stereocenters. The summed E-state index contributed by atoms with van der Waals surface area (Å²) in [7, 11) is 0. The minimum absolute atomic E-state index is 0.00663. The standard InChI is InChI=1S/C15H17F3N2O/c1-9(2)20-12-5-4-11(15(16,17)18)7-13(12)19-8-10-3-6-14(10)21/h3-7,9-10,19-20H,8H2,1-2H3. The highest BCUT2D eigenvalue weighted by atomic mass is 19.4. The third-order valence-corrected chi connectivity index (χ3v) is 3.16. The largest absolute Gasteiger partial charge is 0.416 e. The van der Waals surface area contributed by atoms with E-state index >= 15 is 0 Å². The summed E-state index contributed by atoms with van der Waals surface area (Å²) < 4.78 is 38.4. The molecule has 1 aliphatic carbocycles. The zero-order valence-electron chi connectivity index (χ0n) is 11.8. The number of hydrogen-bond donors (Lipinski definition) is 2. The van der Waals surface area contributed by atoms with Crippen molar-refractivity contribution < 1.29 is 18.0 Å². The fourth-order valence-corrected chi connectivity index (χ4v) is 2.00. The monoisotopic (exact) mass is 298 g/mol. The van der Waals surface area contributed by atoms with Gasteiger partial charge in [-0.25, -0.2) is 0 Å². The summed E-state index contributed by atoms with van der Waals surface area (Å²) in [6, 6.07) is 3.61. The summed E-state index contributed by atoms with van der Waals surface area (Å²) in [5, 5.41) is 6.02. The topological polar surface area (TPSA) is 41.1 Å². The molecule has 114 valence electrons. The second kappa shape index (κ2) is 5.79. The van der Waals surface area contributed by atoms with Gasteiger partial charge in [0, 0.05) is 12.6 Å². The van der Waals surface area contributed by atoms with Gasteiger partial charge in [-0.05, 0) is 38.1 Å². The van der Waals surface area contributed by atoms with Gasteiger partial charge in [0.1, 0.15) is 0 Å². The van der Waals surface area contributed by atoms with Gasteiger partial charge < -0.3 is 10.6 Å². The highest BCUT2D eigenvalue weighted by Crippen LogP contribution is 2.34. The highest BCUT2D eigenvalue weighted by Gasteiger charge is 2.31. The van der Waals surface area contributed by atoms with E-state index in [1.54, 1.807) is 6.08 Å². The van der Waals surface area contributed by atoms with Gasteiger partial charge in [-0.3, -0.25) is 4.79 Å². The Morgan fingerprint density at radius 3 is 2.43 bits per heavy atom. The summed E-state index contributed by atoms with van der Waals surface area (Å²) in [6.45, 7) is 4.10. The Morgan fingerprint density at radius 2 is 1.95 bits per heavy atom. The van der Waals surface area contributed by atoms with Crippen molar-refractivity contribution >= 4 is 17.2 Å². The lowest BCUT2D eigenvalue weighted by Crippen LogP contribution is -2.26. The van der Waals surface area contributed by atoms with Crippen LogP contribution in [0.2, 0.25) is 0 Å². The van der Waals surface area contributed by atoms with E-state index in [0.717, 1.165) is 12.1 Å². The zero-order valence-corrected chi connectivity index (χ0v) is 11.8. The molecule has 2 N–H and O–H groups in total. The molecule has 0 saturated heterocycles. The minimum Gasteiger partial charge on any atom is -0.382 e. The maximum atomic E-state index is 12.8. The highest BCUT2D eigenvalue weighted by molar-refractivity contribution is 5.99. The summed E-state index contributed by atoms with van der Waals surface area (Å²) in [4.78, 5) is 11.2. The van der Waals surface area contributed by atoms with Crippen molar-refractivity contribution in [3.05, 3.63) is 35.9 Å². The number of rotatable bonds is 5. The zero-order chi connectivity index (χ0) is 15.6. The fourth-order valence-electron chi connectivity index (χ4n) is 2.00. The fraction of sp³-hybridized carbons (Fsp3) is 0.400. The van der Waals surface area contributed by atoms with Crippen LogP contribution < -0.4 is 10.6 Å². The first-order valence-corrected chi connectivity index (χ1v) is 6.71. The summed E-state index contributed by atoms with van der Waals surface area (Å²) in [5.74, 6) is -0.265. The van der Waals surface area contributed by atoms with Crippen molar-refractivity contribution in [2.24, 2.45) is 5.92 Å². The Hall–Kier alpha value is -1.98. The number of ketones is 1. The first kappa shape index (κ1) is 15.4. The van der Waals surface area contributed by atoms with E-state index in [1.165, 1.54) is 12.1 Å². The molecule has 1 aromatic carbocycles. The van der Waals surface area contributed by atoms with Crippen LogP contribution in [0.15, 0.2) is 30.4 Å². The van der Waals surface area contributed by atoms with E-state index < -0.39 is 11.7 Å². The SMILES string of the molecule is CC(C)Nc1ccc(C(F)(F)F)cc1NCC1C=CC1=O. The van der Waals surface area contributed by atoms with Gasteiger partial charge in [0.2, 0.25) is 0 Å². The van der Waals surface area contributed by atoms with E-state index in [-0.39, 0.29) is 17.7 Å². The molecule has 0 saturated carbocycles. The molecule has 0 aromatic heterocycles. The Kier molecular flexibility index (Phi) is 4.25. The number of anilines is 2. The molecule has 0 spiro atoms. The molecule has 1 aliphatic rings. The number of hydrogen-bond acceptors (Lipinski definition) is 3. The van der Waals surface area contributed by atoms with E-state index in [0.29, 0.717) is 17.9 Å². The number of alkyl halides is 3. The number of halogens is 3. The maximum Gasteiger partial charge on any atom is 0.416 e. The van der Waals surface area contributed by atoms with Gasteiger partial charge in [0.05, 0.1) is 22.9 Å². The summed E-state index contributed by atoms with van der Waals surface area (Å²) in [6.07, 6.45) is -1.19. The molecule has 0 radical (unpaired) electrons. The molecule has 0 amide bonds. The van der Waals surface area contributed by atoms with Gasteiger partial charge in [0.15, 0.2) is 5.78 Å². The smallest absolute Gasteiger partial charge is 0.382 e. The van der Waals surface area contributed by atoms with Gasteiger partial charge in [-0.2, -0.15) is 13.2 Å². The van der Waals surface area contributed by atoms with Gasteiger partial charge in [0.25, 0.3) is 0 Å². The van der Waals surface area contributed by atoms with Crippen LogP contribution in [0.4, 0.5) is 24.5 Å². The first-order valence-electron chi connectivity index (χ1n) is 6.71. The van der Waals surface area contributed by atoms with Gasteiger partial charge in [-0.15, -0.1) is 0 Å². The van der Waals surface area contributed by atoms with Crippen LogP contribution in [0.25, 0.3) is 0 Å². The van der Waals surface area contributed by atoms with Crippen LogP contribution >= 0.6 is 0 Å². The van der Waals surface area contributed by atoms with Crippen molar-refractivity contribution in [1.29, 1.82) is 0 Å². The van der Waals surface area contributed by atoms with Crippen molar-refractivity contribution in [1.82, 2.24) is 0 Å². The van der Waals surface area contributed by atoms with E-state index in [9.17, 15) is 18.0 Å². The number of carbonyl (C=O) groups is 1. The Balaban J connectivity index is 2.20. The Labute approximate surface area is 121 Å². The third kappa shape index (κ3) is 3.77. The molecule has 0 fully saturated rings. The molecule has 1 aromatic rings. The normalized spacial score (nSPS) is 17.8. The lowest BCUT2D eigenvalue weighted by molar-refractivity contribution is -0.137. The molecular formula is C15H17F3N2O. The quantitative estimate of drug-likeness (QED) is 0.871. The molecule has 0 heterocycles.